The van der Waals surface area contributed by atoms with Crippen molar-refractivity contribution in [1.29, 1.82) is 0 Å². The lowest BCUT2D eigenvalue weighted by atomic mass is 10.1. The molecule has 2 aromatic heterocycles. The van der Waals surface area contributed by atoms with E-state index >= 15 is 0 Å². The van der Waals surface area contributed by atoms with Crippen LogP contribution >= 0.6 is 0 Å². The van der Waals surface area contributed by atoms with Crippen LogP contribution in [0.1, 0.15) is 27.9 Å². The molecule has 2 N–H and O–H groups in total. The molecular formula is C32H35F3N8O2. The highest BCUT2D eigenvalue weighted by molar-refractivity contribution is 6.05. The van der Waals surface area contributed by atoms with Crippen molar-refractivity contribution in [2.45, 2.75) is 19.5 Å². The lowest BCUT2D eigenvalue weighted by Crippen LogP contribution is -2.36. The summed E-state index contributed by atoms with van der Waals surface area (Å²) >= 11 is 0. The summed E-state index contributed by atoms with van der Waals surface area (Å²) in [6.07, 6.45) is -2.28. The number of alkyl halides is 3. The quantitative estimate of drug-likeness (QED) is 0.297. The third-order valence-corrected chi connectivity index (χ3v) is 8.14. The number of rotatable bonds is 6. The highest BCUT2D eigenvalue weighted by atomic mass is 19.4. The van der Waals surface area contributed by atoms with Crippen LogP contribution in [0.3, 0.4) is 0 Å². The molecule has 0 unspecified atom stereocenters. The number of halogens is 3. The fourth-order valence-corrected chi connectivity index (χ4v) is 5.55. The van der Waals surface area contributed by atoms with Gasteiger partial charge in [-0.25, -0.2) is 15.0 Å². The lowest BCUT2D eigenvalue weighted by molar-refractivity contribution is -0.137. The molecule has 236 valence electrons. The zero-order valence-corrected chi connectivity index (χ0v) is 25.2. The number of aromatic nitrogens is 3. The molecule has 4 heterocycles. The van der Waals surface area contributed by atoms with Crippen LogP contribution in [0.2, 0.25) is 0 Å². The third kappa shape index (κ3) is 7.10. The van der Waals surface area contributed by atoms with Crippen molar-refractivity contribution in [3.8, 4) is 0 Å². The number of fused-ring (bicyclic) bond motifs is 1. The number of carbonyl (C=O) groups is 1. The summed E-state index contributed by atoms with van der Waals surface area (Å²) in [5.74, 6) is 0.738. The second kappa shape index (κ2) is 12.9. The smallest absolute Gasteiger partial charge is 0.378 e. The predicted molar refractivity (Wildman–Crippen MR) is 169 cm³/mol. The van der Waals surface area contributed by atoms with Crippen LogP contribution in [-0.2, 0) is 10.9 Å². The van der Waals surface area contributed by atoms with Crippen molar-refractivity contribution in [1.82, 2.24) is 19.9 Å². The number of anilines is 5. The van der Waals surface area contributed by atoms with Crippen molar-refractivity contribution in [3.05, 3.63) is 71.5 Å². The first-order valence-electron chi connectivity index (χ1n) is 14.9. The van der Waals surface area contributed by atoms with Crippen LogP contribution in [0.4, 0.5) is 41.9 Å². The lowest BCUT2D eigenvalue weighted by Gasteiger charge is -2.28. The molecule has 0 aliphatic carbocycles. The molecule has 6 rings (SSSR count). The molecule has 0 atom stereocenters. The number of pyridine rings is 1. The Balaban J connectivity index is 1.26. The number of nitrogens with one attached hydrogen (secondary N) is 2. The Hall–Kier alpha value is -4.49. The first kappa shape index (κ1) is 30.5. The van der Waals surface area contributed by atoms with E-state index in [0.29, 0.717) is 54.5 Å². The Morgan fingerprint density at radius 3 is 2.53 bits per heavy atom. The van der Waals surface area contributed by atoms with Gasteiger partial charge in [-0.15, -0.1) is 0 Å². The summed E-state index contributed by atoms with van der Waals surface area (Å²) in [6.45, 7) is 7.44. The molecule has 13 heteroatoms. The molecule has 4 aromatic rings. The number of nitrogens with zero attached hydrogens (tertiary/aromatic N) is 6. The second-order valence-electron chi connectivity index (χ2n) is 11.4. The SMILES string of the molecule is Cc1ccc(C(=O)Nc2cc(N3CCCN(C)CC3)cc(C(F)(F)F)c2)cc1Nc1ncnc2ccc(N3CCOCC3)nc12. The molecule has 10 nitrogen and oxygen atoms in total. The fourth-order valence-electron chi connectivity index (χ4n) is 5.55. The van der Waals surface area contributed by atoms with Gasteiger partial charge in [0, 0.05) is 55.3 Å². The molecule has 2 aliphatic heterocycles. The largest absolute Gasteiger partial charge is 0.416 e. The van der Waals surface area contributed by atoms with Gasteiger partial charge < -0.3 is 30.1 Å². The summed E-state index contributed by atoms with van der Waals surface area (Å²) in [5.41, 5.74) is 2.67. The van der Waals surface area contributed by atoms with E-state index in [9.17, 15) is 18.0 Å². The van der Waals surface area contributed by atoms with Gasteiger partial charge in [-0.2, -0.15) is 13.2 Å². The van der Waals surface area contributed by atoms with Gasteiger partial charge >= 0.3 is 6.18 Å². The Labute approximate surface area is 259 Å². The average Bonchev–Trinajstić information content (AvgIpc) is 3.26. The van der Waals surface area contributed by atoms with E-state index in [1.54, 1.807) is 24.3 Å². The van der Waals surface area contributed by atoms with Crippen LogP contribution in [0.15, 0.2) is 54.9 Å². The molecule has 45 heavy (non-hydrogen) atoms. The van der Waals surface area contributed by atoms with E-state index in [1.807, 2.05) is 31.0 Å². The Morgan fingerprint density at radius 2 is 1.73 bits per heavy atom. The number of hydrogen-bond acceptors (Lipinski definition) is 9. The summed E-state index contributed by atoms with van der Waals surface area (Å²) < 4.78 is 47.1. The topological polar surface area (TPSA) is 98.8 Å². The first-order chi connectivity index (χ1) is 21.6. The van der Waals surface area contributed by atoms with Crippen LogP contribution in [0, 0.1) is 6.92 Å². The molecule has 0 radical (unpaired) electrons. The van der Waals surface area contributed by atoms with E-state index in [2.05, 4.69) is 30.4 Å². The van der Waals surface area contributed by atoms with E-state index in [4.69, 9.17) is 9.72 Å². The summed E-state index contributed by atoms with van der Waals surface area (Å²) in [4.78, 5) is 33.3. The number of morpholine rings is 1. The van der Waals surface area contributed by atoms with Gasteiger partial charge in [0.25, 0.3) is 5.91 Å². The minimum atomic E-state index is -4.56. The highest BCUT2D eigenvalue weighted by Gasteiger charge is 2.32. The van der Waals surface area contributed by atoms with Gasteiger partial charge in [0.1, 0.15) is 17.7 Å². The molecule has 2 aromatic carbocycles. The molecule has 1 amide bonds. The molecular weight excluding hydrogens is 585 g/mol. The number of amides is 1. The van der Waals surface area contributed by atoms with Gasteiger partial charge in [0.15, 0.2) is 5.82 Å². The summed E-state index contributed by atoms with van der Waals surface area (Å²) in [6, 6.07) is 12.6. The molecule has 0 bridgehead atoms. The maximum absolute atomic E-state index is 13.9. The molecule has 0 spiro atoms. The Bertz CT molecular complexity index is 1690. The van der Waals surface area contributed by atoms with Gasteiger partial charge in [0.2, 0.25) is 0 Å². The van der Waals surface area contributed by atoms with Crippen molar-refractivity contribution in [3.63, 3.8) is 0 Å². The van der Waals surface area contributed by atoms with Crippen molar-refractivity contribution in [2.75, 3.05) is 80.0 Å². The van der Waals surface area contributed by atoms with Gasteiger partial charge in [0.05, 0.1) is 24.3 Å². The fraction of sp³-hybridized carbons (Fsp3) is 0.375. The summed E-state index contributed by atoms with van der Waals surface area (Å²) in [5, 5.41) is 6.00. The number of ether oxygens (including phenoxy) is 1. The highest BCUT2D eigenvalue weighted by Crippen LogP contribution is 2.35. The maximum atomic E-state index is 13.9. The van der Waals surface area contributed by atoms with E-state index in [-0.39, 0.29) is 11.3 Å². The summed E-state index contributed by atoms with van der Waals surface area (Å²) in [7, 11) is 2.00. The normalized spacial score (nSPS) is 16.5. The number of aryl methyl sites for hydroxylation is 1. The van der Waals surface area contributed by atoms with Crippen molar-refractivity contribution < 1.29 is 22.7 Å². The Kier molecular flexibility index (Phi) is 8.72. The average molecular weight is 621 g/mol. The first-order valence-corrected chi connectivity index (χ1v) is 14.9. The number of hydrogen-bond donors (Lipinski definition) is 2. The van der Waals surface area contributed by atoms with Gasteiger partial charge in [-0.3, -0.25) is 4.79 Å². The van der Waals surface area contributed by atoms with Gasteiger partial charge in [-0.05, 0) is 75.0 Å². The number of likely N-dealkylation sites (N-methyl/N-ethyl adjacent to an activating group) is 1. The van der Waals surface area contributed by atoms with Crippen molar-refractivity contribution in [2.24, 2.45) is 0 Å². The molecule has 2 saturated heterocycles. The van der Waals surface area contributed by atoms with E-state index in [0.717, 1.165) is 56.1 Å². The Morgan fingerprint density at radius 1 is 0.911 bits per heavy atom. The van der Waals surface area contributed by atoms with E-state index < -0.39 is 17.6 Å². The molecule has 2 fully saturated rings. The van der Waals surface area contributed by atoms with Crippen LogP contribution in [-0.4, -0.2) is 85.3 Å². The maximum Gasteiger partial charge on any atom is 0.416 e. The van der Waals surface area contributed by atoms with Crippen LogP contribution < -0.4 is 20.4 Å². The second-order valence-corrected chi connectivity index (χ2v) is 11.4. The third-order valence-electron chi connectivity index (χ3n) is 8.14. The molecule has 0 saturated carbocycles. The minimum Gasteiger partial charge on any atom is -0.378 e. The van der Waals surface area contributed by atoms with Gasteiger partial charge in [-0.1, -0.05) is 6.07 Å². The zero-order valence-electron chi connectivity index (χ0n) is 25.2. The van der Waals surface area contributed by atoms with Crippen LogP contribution in [0.25, 0.3) is 11.0 Å². The van der Waals surface area contributed by atoms with Crippen molar-refractivity contribution >= 4 is 45.6 Å². The number of carbonyl (C=O) groups excluding carboxylic acids is 1. The zero-order chi connectivity index (χ0) is 31.6. The van der Waals surface area contributed by atoms with Crippen LogP contribution in [0.5, 0.6) is 0 Å². The molecule has 2 aliphatic rings. The monoisotopic (exact) mass is 620 g/mol. The number of benzene rings is 2. The van der Waals surface area contributed by atoms with E-state index in [1.165, 1.54) is 6.33 Å². The predicted octanol–water partition coefficient (Wildman–Crippen LogP) is 5.33. The standard InChI is InChI=1S/C32H35F3N8O2/c1-21-4-5-22(16-27(21)39-30-29-26(36-20-37-30)6-7-28(40-29)43-12-14-45-15-13-43)31(44)38-24-17-23(32(33,34)35)18-25(19-24)42-9-3-8-41(2)10-11-42/h4-7,16-20H,3,8-15H2,1-2H3,(H,38,44)(H,36,37,39). The minimum absolute atomic E-state index is 0.0825.